The third kappa shape index (κ3) is 5.10. The van der Waals surface area contributed by atoms with Crippen LogP contribution in [0.4, 0.5) is 0 Å². The largest absolute Gasteiger partial charge is 0.396 e. The predicted octanol–water partition coefficient (Wildman–Crippen LogP) is 1.32. The molecule has 0 unspecified atom stereocenters. The number of carbonyl (C=O) groups is 1. The van der Waals surface area contributed by atoms with Gasteiger partial charge in [0.05, 0.1) is 12.5 Å². The van der Waals surface area contributed by atoms with Crippen molar-refractivity contribution in [2.45, 2.75) is 38.7 Å². The second-order valence-corrected chi connectivity index (χ2v) is 5.51. The molecule has 1 N–H and O–H groups in total. The molecule has 1 fully saturated rings. The number of hydrogen-bond donors (Lipinski definition) is 1. The Labute approximate surface area is 125 Å². The van der Waals surface area contributed by atoms with Crippen LogP contribution in [0.5, 0.6) is 0 Å². The molecule has 0 saturated carbocycles. The molecule has 21 heavy (non-hydrogen) atoms. The number of ether oxygens (including phenoxy) is 1. The van der Waals surface area contributed by atoms with Crippen LogP contribution in [-0.2, 0) is 16.0 Å². The molecular formula is C16H24N2O3. The lowest BCUT2D eigenvalue weighted by Crippen LogP contribution is -2.41. The smallest absolute Gasteiger partial charge is 0.227 e. The summed E-state index contributed by atoms with van der Waals surface area (Å²) in [4.78, 5) is 18.4. The summed E-state index contributed by atoms with van der Waals surface area (Å²) in [5.74, 6) is 0.162. The number of aryl methyl sites for hydroxylation is 1. The Morgan fingerprint density at radius 1 is 1.43 bits per heavy atom. The van der Waals surface area contributed by atoms with Crippen molar-refractivity contribution in [3.05, 3.63) is 29.6 Å². The highest BCUT2D eigenvalue weighted by Gasteiger charge is 2.23. The summed E-state index contributed by atoms with van der Waals surface area (Å²) in [5, 5.41) is 8.73. The van der Waals surface area contributed by atoms with E-state index in [2.05, 4.69) is 4.98 Å². The first-order valence-corrected chi connectivity index (χ1v) is 7.61. The van der Waals surface area contributed by atoms with Gasteiger partial charge in [0.15, 0.2) is 0 Å². The van der Waals surface area contributed by atoms with E-state index >= 15 is 0 Å². The van der Waals surface area contributed by atoms with Gasteiger partial charge in [-0.05, 0) is 37.8 Å². The predicted molar refractivity (Wildman–Crippen MR) is 79.9 cm³/mol. The van der Waals surface area contributed by atoms with Gasteiger partial charge in [0.1, 0.15) is 0 Å². The van der Waals surface area contributed by atoms with E-state index in [0.29, 0.717) is 19.4 Å². The highest BCUT2D eigenvalue weighted by molar-refractivity contribution is 5.78. The Morgan fingerprint density at radius 3 is 2.81 bits per heavy atom. The molecule has 1 amide bonds. The topological polar surface area (TPSA) is 62.7 Å². The van der Waals surface area contributed by atoms with Crippen molar-refractivity contribution in [3.63, 3.8) is 0 Å². The fraction of sp³-hybridized carbons (Fsp3) is 0.625. The number of hydrogen-bond acceptors (Lipinski definition) is 4. The molecular weight excluding hydrogens is 268 g/mol. The van der Waals surface area contributed by atoms with Crippen LogP contribution in [0.15, 0.2) is 18.3 Å². The van der Waals surface area contributed by atoms with Gasteiger partial charge in [0, 0.05) is 38.2 Å². The highest BCUT2D eigenvalue weighted by Crippen LogP contribution is 2.15. The number of rotatable bonds is 6. The maximum Gasteiger partial charge on any atom is 0.227 e. The van der Waals surface area contributed by atoms with E-state index in [9.17, 15) is 4.79 Å². The minimum absolute atomic E-state index is 0.162. The van der Waals surface area contributed by atoms with Crippen molar-refractivity contribution >= 4 is 5.91 Å². The molecule has 2 rings (SSSR count). The number of aliphatic hydroxyl groups excluding tert-OH is 1. The number of likely N-dealkylation sites (tertiary alicyclic amines) is 1. The molecule has 1 saturated heterocycles. The van der Waals surface area contributed by atoms with Crippen molar-refractivity contribution in [2.75, 3.05) is 26.3 Å². The highest BCUT2D eigenvalue weighted by atomic mass is 16.5. The van der Waals surface area contributed by atoms with E-state index in [1.54, 1.807) is 6.20 Å². The molecule has 0 bridgehead atoms. The van der Waals surface area contributed by atoms with Crippen LogP contribution in [0.3, 0.4) is 0 Å². The van der Waals surface area contributed by atoms with Gasteiger partial charge >= 0.3 is 0 Å². The normalized spacial score (nSPS) is 16.2. The van der Waals surface area contributed by atoms with Crippen molar-refractivity contribution in [1.82, 2.24) is 9.88 Å². The van der Waals surface area contributed by atoms with Crippen LogP contribution >= 0.6 is 0 Å². The number of nitrogens with zero attached hydrogens (tertiary/aromatic N) is 2. The Bertz CT molecular complexity index is 439. The van der Waals surface area contributed by atoms with E-state index in [1.165, 1.54) is 0 Å². The van der Waals surface area contributed by atoms with Gasteiger partial charge in [0.25, 0.3) is 0 Å². The number of aliphatic hydroxyl groups is 1. The lowest BCUT2D eigenvalue weighted by atomic mass is 10.1. The van der Waals surface area contributed by atoms with Gasteiger partial charge in [-0.25, -0.2) is 0 Å². The molecule has 5 heteroatoms. The Hall–Kier alpha value is -1.46. The van der Waals surface area contributed by atoms with E-state index in [-0.39, 0.29) is 18.6 Å². The monoisotopic (exact) mass is 292 g/mol. The molecule has 0 radical (unpaired) electrons. The molecule has 1 aliphatic rings. The zero-order valence-electron chi connectivity index (χ0n) is 12.6. The average Bonchev–Trinajstić information content (AvgIpc) is 2.50. The van der Waals surface area contributed by atoms with E-state index < -0.39 is 0 Å². The van der Waals surface area contributed by atoms with Gasteiger partial charge in [0.2, 0.25) is 5.91 Å². The fourth-order valence-corrected chi connectivity index (χ4v) is 2.48. The van der Waals surface area contributed by atoms with Crippen LogP contribution in [0.1, 0.15) is 30.5 Å². The van der Waals surface area contributed by atoms with Gasteiger partial charge in [-0.2, -0.15) is 0 Å². The lowest BCUT2D eigenvalue weighted by Gasteiger charge is -2.32. The standard InChI is InChI=1S/C16H24N2O3/c1-13-3-4-14(12-17-13)11-16(20)18-7-5-15(6-8-18)21-10-2-9-19/h3-4,12,15,19H,2,5-11H2,1H3. The van der Waals surface area contributed by atoms with Crippen molar-refractivity contribution in [3.8, 4) is 0 Å². The molecule has 1 aliphatic heterocycles. The first-order valence-electron chi connectivity index (χ1n) is 7.61. The van der Waals surface area contributed by atoms with Crippen LogP contribution in [0.2, 0.25) is 0 Å². The minimum Gasteiger partial charge on any atom is -0.396 e. The van der Waals surface area contributed by atoms with Gasteiger partial charge < -0.3 is 14.7 Å². The molecule has 1 aromatic rings. The SMILES string of the molecule is Cc1ccc(CC(=O)N2CCC(OCCCO)CC2)cn1. The van der Waals surface area contributed by atoms with Gasteiger partial charge in [-0.15, -0.1) is 0 Å². The number of amides is 1. The summed E-state index contributed by atoms with van der Waals surface area (Å²) in [7, 11) is 0. The van der Waals surface area contributed by atoms with Crippen molar-refractivity contribution < 1.29 is 14.6 Å². The number of carbonyl (C=O) groups excluding carboxylic acids is 1. The van der Waals surface area contributed by atoms with Crippen molar-refractivity contribution in [1.29, 1.82) is 0 Å². The Balaban J connectivity index is 1.74. The summed E-state index contributed by atoms with van der Waals surface area (Å²) in [5.41, 5.74) is 1.93. The number of piperidine rings is 1. The molecule has 0 spiro atoms. The van der Waals surface area contributed by atoms with Crippen LogP contribution < -0.4 is 0 Å². The van der Waals surface area contributed by atoms with Gasteiger partial charge in [-0.3, -0.25) is 9.78 Å². The zero-order chi connectivity index (χ0) is 15.1. The summed E-state index contributed by atoms with van der Waals surface area (Å²) in [6.45, 7) is 4.21. The summed E-state index contributed by atoms with van der Waals surface area (Å²) in [6, 6.07) is 3.90. The maximum absolute atomic E-state index is 12.2. The van der Waals surface area contributed by atoms with E-state index in [0.717, 1.165) is 37.2 Å². The fourth-order valence-electron chi connectivity index (χ4n) is 2.48. The molecule has 0 atom stereocenters. The number of pyridine rings is 1. The summed E-state index contributed by atoms with van der Waals surface area (Å²) in [6.07, 6.45) is 4.86. The lowest BCUT2D eigenvalue weighted by molar-refractivity contribution is -0.133. The summed E-state index contributed by atoms with van der Waals surface area (Å²) >= 11 is 0. The molecule has 0 aliphatic carbocycles. The number of aromatic nitrogens is 1. The Morgan fingerprint density at radius 2 is 2.19 bits per heavy atom. The van der Waals surface area contributed by atoms with E-state index in [1.807, 2.05) is 24.0 Å². The molecule has 0 aromatic carbocycles. The van der Waals surface area contributed by atoms with Crippen LogP contribution in [-0.4, -0.2) is 53.3 Å². The maximum atomic E-state index is 12.2. The van der Waals surface area contributed by atoms with Crippen molar-refractivity contribution in [2.24, 2.45) is 0 Å². The zero-order valence-corrected chi connectivity index (χ0v) is 12.6. The van der Waals surface area contributed by atoms with Crippen LogP contribution in [0, 0.1) is 6.92 Å². The Kier molecular flexibility index (Phi) is 6.14. The van der Waals surface area contributed by atoms with E-state index in [4.69, 9.17) is 9.84 Å². The third-order valence-corrected chi connectivity index (χ3v) is 3.78. The minimum atomic E-state index is 0.162. The quantitative estimate of drug-likeness (QED) is 0.803. The first-order chi connectivity index (χ1) is 10.2. The van der Waals surface area contributed by atoms with Crippen LogP contribution in [0.25, 0.3) is 0 Å². The molecule has 1 aromatic heterocycles. The summed E-state index contributed by atoms with van der Waals surface area (Å²) < 4.78 is 5.67. The molecule has 116 valence electrons. The third-order valence-electron chi connectivity index (χ3n) is 3.78. The second kappa shape index (κ2) is 8.10. The second-order valence-electron chi connectivity index (χ2n) is 5.51. The van der Waals surface area contributed by atoms with Gasteiger partial charge in [-0.1, -0.05) is 6.07 Å². The average molecular weight is 292 g/mol. The first kappa shape index (κ1) is 15.9. The molecule has 2 heterocycles. The molecule has 5 nitrogen and oxygen atoms in total.